The zero-order valence-electron chi connectivity index (χ0n) is 10.5. The number of carbonyl (C=O) groups excluding carboxylic acids is 1. The molecule has 1 unspecified atom stereocenters. The first kappa shape index (κ1) is 14.7. The summed E-state index contributed by atoms with van der Waals surface area (Å²) in [5, 5.41) is 8.87. The van der Waals surface area contributed by atoms with Gasteiger partial charge in [0.25, 0.3) is 0 Å². The highest BCUT2D eigenvalue weighted by Crippen LogP contribution is 2.20. The monoisotopic (exact) mass is 270 g/mol. The van der Waals surface area contributed by atoms with Gasteiger partial charge in [-0.15, -0.1) is 6.42 Å². The molecule has 1 atom stereocenters. The van der Waals surface area contributed by atoms with Crippen molar-refractivity contribution in [2.75, 3.05) is 31.1 Å². The van der Waals surface area contributed by atoms with E-state index in [1.54, 1.807) is 21.6 Å². The highest BCUT2D eigenvalue weighted by molar-refractivity contribution is 7.99. The maximum Gasteiger partial charge on any atom is 0.321 e. The fourth-order valence-electron chi connectivity index (χ4n) is 1.88. The summed E-state index contributed by atoms with van der Waals surface area (Å²) < 4.78 is 0. The second-order valence-corrected chi connectivity index (χ2v) is 5.17. The molecule has 1 aliphatic heterocycles. The van der Waals surface area contributed by atoms with Gasteiger partial charge in [0.15, 0.2) is 0 Å². The maximum absolute atomic E-state index is 12.3. The highest BCUT2D eigenvalue weighted by atomic mass is 32.2. The molecule has 6 heteroatoms. The Balaban J connectivity index is 2.73. The molecule has 1 heterocycles. The molecule has 1 fully saturated rings. The normalized spacial score (nSPS) is 19.1. The Morgan fingerprint density at radius 3 is 2.89 bits per heavy atom. The van der Waals surface area contributed by atoms with Crippen molar-refractivity contribution >= 4 is 23.8 Å². The van der Waals surface area contributed by atoms with Crippen LogP contribution < -0.4 is 0 Å². The van der Waals surface area contributed by atoms with Gasteiger partial charge in [0.2, 0.25) is 0 Å². The molecule has 0 aromatic carbocycles. The van der Waals surface area contributed by atoms with Gasteiger partial charge < -0.3 is 14.9 Å². The van der Waals surface area contributed by atoms with Crippen LogP contribution in [0.2, 0.25) is 0 Å². The van der Waals surface area contributed by atoms with E-state index in [0.717, 1.165) is 5.75 Å². The minimum Gasteiger partial charge on any atom is -0.481 e. The van der Waals surface area contributed by atoms with Crippen LogP contribution in [0.5, 0.6) is 0 Å². The number of hydrogen-bond acceptors (Lipinski definition) is 3. The minimum atomic E-state index is -0.875. The number of terminal acetylenes is 1. The summed E-state index contributed by atoms with van der Waals surface area (Å²) in [5.41, 5.74) is 0. The molecule has 1 N–H and O–H groups in total. The van der Waals surface area contributed by atoms with Crippen LogP contribution in [0.4, 0.5) is 4.79 Å². The molecule has 0 bridgehead atoms. The van der Waals surface area contributed by atoms with E-state index >= 15 is 0 Å². The average molecular weight is 270 g/mol. The number of rotatable bonds is 4. The first-order valence-electron chi connectivity index (χ1n) is 5.88. The standard InChI is InChI=1S/C12H18N2O3S/c1-3-5-13(4-2)12(17)14-6-7-18-9-10(14)8-11(15)16/h1,10H,4-9H2,2H3,(H,15,16). The number of carboxylic acid groups (broad SMARTS) is 1. The Morgan fingerprint density at radius 2 is 2.33 bits per heavy atom. The van der Waals surface area contributed by atoms with Crippen molar-refractivity contribution in [1.29, 1.82) is 0 Å². The second kappa shape index (κ2) is 7.17. The van der Waals surface area contributed by atoms with Gasteiger partial charge in [-0.05, 0) is 6.92 Å². The summed E-state index contributed by atoms with van der Waals surface area (Å²) in [4.78, 5) is 26.3. The van der Waals surface area contributed by atoms with Crippen LogP contribution in [0.25, 0.3) is 0 Å². The van der Waals surface area contributed by atoms with Crippen LogP contribution in [-0.4, -0.2) is 64.1 Å². The molecule has 100 valence electrons. The first-order valence-corrected chi connectivity index (χ1v) is 7.04. The third-order valence-corrected chi connectivity index (χ3v) is 3.91. The molecule has 0 aromatic heterocycles. The number of hydrogen-bond donors (Lipinski definition) is 1. The Hall–Kier alpha value is -1.35. The molecule has 0 aromatic rings. The van der Waals surface area contributed by atoms with Crippen LogP contribution in [0.15, 0.2) is 0 Å². The molecular formula is C12H18N2O3S. The zero-order valence-corrected chi connectivity index (χ0v) is 11.3. The average Bonchev–Trinajstić information content (AvgIpc) is 2.35. The van der Waals surface area contributed by atoms with Crippen molar-refractivity contribution in [1.82, 2.24) is 9.80 Å². The fourth-order valence-corrected chi connectivity index (χ4v) is 2.95. The van der Waals surface area contributed by atoms with Crippen molar-refractivity contribution in [3.63, 3.8) is 0 Å². The maximum atomic E-state index is 12.3. The lowest BCUT2D eigenvalue weighted by molar-refractivity contribution is -0.138. The van der Waals surface area contributed by atoms with Crippen LogP contribution in [0.1, 0.15) is 13.3 Å². The summed E-state index contributed by atoms with van der Waals surface area (Å²) in [6.45, 7) is 3.24. The van der Waals surface area contributed by atoms with Gasteiger partial charge in [-0.25, -0.2) is 4.79 Å². The molecule has 0 spiro atoms. The van der Waals surface area contributed by atoms with Gasteiger partial charge >= 0.3 is 12.0 Å². The fraction of sp³-hybridized carbons (Fsp3) is 0.667. The molecule has 0 aliphatic carbocycles. The molecular weight excluding hydrogens is 252 g/mol. The molecule has 1 saturated heterocycles. The number of amides is 2. The van der Waals surface area contributed by atoms with Crippen LogP contribution in [0, 0.1) is 12.3 Å². The van der Waals surface area contributed by atoms with Crippen molar-refractivity contribution in [2.45, 2.75) is 19.4 Å². The molecule has 0 radical (unpaired) electrons. The lowest BCUT2D eigenvalue weighted by Gasteiger charge is -2.37. The summed E-state index contributed by atoms with van der Waals surface area (Å²) in [6, 6.07) is -0.387. The van der Waals surface area contributed by atoms with E-state index in [1.807, 2.05) is 6.92 Å². The van der Waals surface area contributed by atoms with Crippen LogP contribution in [0.3, 0.4) is 0 Å². The van der Waals surface area contributed by atoms with E-state index in [1.165, 1.54) is 0 Å². The molecule has 2 amide bonds. The predicted octanol–water partition coefficient (Wildman–Crippen LogP) is 0.954. The lowest BCUT2D eigenvalue weighted by atomic mass is 10.2. The van der Waals surface area contributed by atoms with E-state index in [2.05, 4.69) is 5.92 Å². The van der Waals surface area contributed by atoms with Crippen molar-refractivity contribution in [3.05, 3.63) is 0 Å². The molecule has 5 nitrogen and oxygen atoms in total. The third-order valence-electron chi connectivity index (χ3n) is 2.82. The minimum absolute atomic E-state index is 0.00759. The van der Waals surface area contributed by atoms with Gasteiger partial charge in [0, 0.05) is 24.6 Å². The number of thioether (sulfide) groups is 1. The van der Waals surface area contributed by atoms with E-state index < -0.39 is 5.97 Å². The second-order valence-electron chi connectivity index (χ2n) is 4.02. The number of carbonyl (C=O) groups is 2. The van der Waals surface area contributed by atoms with Crippen LogP contribution >= 0.6 is 11.8 Å². The SMILES string of the molecule is C#CCN(CC)C(=O)N1CCSCC1CC(=O)O. The Labute approximate surface area is 112 Å². The van der Waals surface area contributed by atoms with Gasteiger partial charge in [-0.1, -0.05) is 5.92 Å². The first-order chi connectivity index (χ1) is 8.60. The Morgan fingerprint density at radius 1 is 1.61 bits per heavy atom. The summed E-state index contributed by atoms with van der Waals surface area (Å²) in [5.74, 6) is 3.09. The number of aliphatic carboxylic acids is 1. The Bertz CT molecular complexity index is 354. The number of urea groups is 1. The largest absolute Gasteiger partial charge is 0.481 e. The van der Waals surface area contributed by atoms with Crippen molar-refractivity contribution < 1.29 is 14.7 Å². The van der Waals surface area contributed by atoms with Gasteiger partial charge in [-0.2, -0.15) is 11.8 Å². The quantitative estimate of drug-likeness (QED) is 0.773. The topological polar surface area (TPSA) is 60.9 Å². The highest BCUT2D eigenvalue weighted by Gasteiger charge is 2.30. The summed E-state index contributed by atoms with van der Waals surface area (Å²) >= 11 is 1.68. The molecule has 1 rings (SSSR count). The zero-order chi connectivity index (χ0) is 13.5. The van der Waals surface area contributed by atoms with Gasteiger partial charge in [-0.3, -0.25) is 4.79 Å². The van der Waals surface area contributed by atoms with Gasteiger partial charge in [0.05, 0.1) is 19.0 Å². The van der Waals surface area contributed by atoms with Crippen LogP contribution in [-0.2, 0) is 4.79 Å². The van der Waals surface area contributed by atoms with E-state index in [0.29, 0.717) is 18.8 Å². The predicted molar refractivity (Wildman–Crippen MR) is 71.5 cm³/mol. The summed E-state index contributed by atoms with van der Waals surface area (Å²) in [7, 11) is 0. The smallest absolute Gasteiger partial charge is 0.321 e. The molecule has 1 aliphatic rings. The molecule has 0 saturated carbocycles. The van der Waals surface area contributed by atoms with Crippen molar-refractivity contribution in [3.8, 4) is 12.3 Å². The number of nitrogens with zero attached hydrogens (tertiary/aromatic N) is 2. The van der Waals surface area contributed by atoms with E-state index in [-0.39, 0.29) is 25.0 Å². The Kier molecular flexibility index (Phi) is 5.86. The molecule has 18 heavy (non-hydrogen) atoms. The number of carboxylic acids is 1. The van der Waals surface area contributed by atoms with Crippen molar-refractivity contribution in [2.24, 2.45) is 0 Å². The lowest BCUT2D eigenvalue weighted by Crippen LogP contribution is -2.52. The van der Waals surface area contributed by atoms with E-state index in [9.17, 15) is 9.59 Å². The van der Waals surface area contributed by atoms with E-state index in [4.69, 9.17) is 11.5 Å². The van der Waals surface area contributed by atoms with Gasteiger partial charge in [0.1, 0.15) is 0 Å². The summed E-state index contributed by atoms with van der Waals surface area (Å²) in [6.07, 6.45) is 5.22. The third kappa shape index (κ3) is 3.84.